The molecule has 9 nitrogen and oxygen atoms in total. The maximum Gasteiger partial charge on any atom is 0.280 e. The first-order chi connectivity index (χ1) is 12.7. The molecule has 1 amide bonds. The summed E-state index contributed by atoms with van der Waals surface area (Å²) in [5, 5.41) is 12.2. The molecule has 0 aromatic carbocycles. The average molecular weight is 355 g/mol. The molecule has 1 aliphatic rings. The van der Waals surface area contributed by atoms with Crippen molar-refractivity contribution in [3.8, 4) is 11.6 Å². The summed E-state index contributed by atoms with van der Waals surface area (Å²) in [5.74, 6) is 1.12. The van der Waals surface area contributed by atoms with Crippen LogP contribution in [-0.4, -0.2) is 53.6 Å². The molecule has 0 bridgehead atoms. The van der Waals surface area contributed by atoms with Crippen LogP contribution >= 0.6 is 0 Å². The number of carbonyl (C=O) groups excluding carboxylic acids is 1. The molecule has 0 spiro atoms. The van der Waals surface area contributed by atoms with Gasteiger partial charge in [0, 0.05) is 32.8 Å². The van der Waals surface area contributed by atoms with E-state index in [4.69, 9.17) is 4.52 Å². The number of hydrogen-bond acceptors (Lipinski definition) is 6. The van der Waals surface area contributed by atoms with Crippen molar-refractivity contribution in [3.63, 3.8) is 0 Å². The largest absolute Gasteiger partial charge is 0.347 e. The van der Waals surface area contributed by atoms with Crippen molar-refractivity contribution in [1.29, 1.82) is 0 Å². The number of aromatic nitrogens is 6. The number of aryl methyl sites for hydroxylation is 2. The van der Waals surface area contributed by atoms with Crippen LogP contribution in [0.5, 0.6) is 0 Å². The van der Waals surface area contributed by atoms with Gasteiger partial charge in [-0.15, -0.1) is 5.10 Å². The van der Waals surface area contributed by atoms with Gasteiger partial charge < -0.3 is 14.0 Å². The Morgan fingerprint density at radius 3 is 2.81 bits per heavy atom. The van der Waals surface area contributed by atoms with Crippen LogP contribution in [0.3, 0.4) is 0 Å². The molecule has 26 heavy (non-hydrogen) atoms. The number of rotatable bonds is 4. The maximum atomic E-state index is 12.6. The minimum atomic E-state index is 0.0770. The van der Waals surface area contributed by atoms with E-state index in [-0.39, 0.29) is 11.9 Å². The van der Waals surface area contributed by atoms with Gasteiger partial charge in [0.1, 0.15) is 5.69 Å². The summed E-state index contributed by atoms with van der Waals surface area (Å²) >= 11 is 0. The van der Waals surface area contributed by atoms with Crippen molar-refractivity contribution < 1.29 is 9.32 Å². The number of amides is 1. The third-order valence-electron chi connectivity index (χ3n) is 4.80. The molecule has 0 saturated carbocycles. The van der Waals surface area contributed by atoms with Gasteiger partial charge in [0.25, 0.3) is 11.8 Å². The van der Waals surface area contributed by atoms with Crippen molar-refractivity contribution >= 4 is 5.91 Å². The quantitative estimate of drug-likeness (QED) is 0.707. The number of piperidine rings is 1. The molecule has 0 radical (unpaired) electrons. The van der Waals surface area contributed by atoms with Crippen molar-refractivity contribution in [2.24, 2.45) is 7.05 Å². The minimum Gasteiger partial charge on any atom is -0.347 e. The highest BCUT2D eigenvalue weighted by Crippen LogP contribution is 2.24. The molecule has 4 heterocycles. The van der Waals surface area contributed by atoms with Crippen LogP contribution in [0.1, 0.15) is 42.1 Å². The zero-order chi connectivity index (χ0) is 18.1. The highest BCUT2D eigenvalue weighted by molar-refractivity contribution is 5.92. The lowest BCUT2D eigenvalue weighted by Gasteiger charge is -2.31. The lowest BCUT2D eigenvalue weighted by Crippen LogP contribution is -2.39. The van der Waals surface area contributed by atoms with E-state index in [0.29, 0.717) is 36.9 Å². The molecular weight excluding hydrogens is 334 g/mol. The zero-order valence-electron chi connectivity index (χ0n) is 14.9. The van der Waals surface area contributed by atoms with E-state index in [1.54, 1.807) is 0 Å². The SMILES string of the molecule is CCc1noc(-c2cn(C3CCN(C(=O)c4cccn4C)CC3)nn2)n1. The Bertz CT molecular complexity index is 902. The molecule has 0 unspecified atom stereocenters. The van der Waals surface area contributed by atoms with E-state index in [1.165, 1.54) is 0 Å². The van der Waals surface area contributed by atoms with Gasteiger partial charge in [0.2, 0.25) is 0 Å². The van der Waals surface area contributed by atoms with Crippen molar-refractivity contribution in [2.75, 3.05) is 13.1 Å². The smallest absolute Gasteiger partial charge is 0.280 e. The van der Waals surface area contributed by atoms with Crippen LogP contribution in [0.2, 0.25) is 0 Å². The summed E-state index contributed by atoms with van der Waals surface area (Å²) in [4.78, 5) is 18.8. The average Bonchev–Trinajstić information content (AvgIpc) is 3.41. The second-order valence-corrected chi connectivity index (χ2v) is 6.48. The molecule has 1 fully saturated rings. The highest BCUT2D eigenvalue weighted by atomic mass is 16.5. The molecule has 3 aromatic rings. The Balaban J connectivity index is 1.41. The van der Waals surface area contributed by atoms with Gasteiger partial charge in [0.05, 0.1) is 12.2 Å². The number of hydrogen-bond donors (Lipinski definition) is 0. The minimum absolute atomic E-state index is 0.0770. The third-order valence-corrected chi connectivity index (χ3v) is 4.80. The fourth-order valence-corrected chi connectivity index (χ4v) is 3.23. The summed E-state index contributed by atoms with van der Waals surface area (Å²) in [5.41, 5.74) is 1.30. The first kappa shape index (κ1) is 16.5. The van der Waals surface area contributed by atoms with Crippen LogP contribution in [0, 0.1) is 0 Å². The number of likely N-dealkylation sites (tertiary alicyclic amines) is 1. The molecule has 4 rings (SSSR count). The highest BCUT2D eigenvalue weighted by Gasteiger charge is 2.26. The van der Waals surface area contributed by atoms with Gasteiger partial charge in [-0.25, -0.2) is 4.68 Å². The van der Waals surface area contributed by atoms with Gasteiger partial charge in [-0.05, 0) is 25.0 Å². The number of nitrogens with zero attached hydrogens (tertiary/aromatic N) is 7. The first-order valence-corrected chi connectivity index (χ1v) is 8.81. The molecule has 0 N–H and O–H groups in total. The predicted octanol–water partition coefficient (Wildman–Crippen LogP) is 1.71. The summed E-state index contributed by atoms with van der Waals surface area (Å²) in [6.07, 6.45) is 6.11. The maximum absolute atomic E-state index is 12.6. The van der Waals surface area contributed by atoms with Crippen molar-refractivity contribution in [3.05, 3.63) is 36.0 Å². The fourth-order valence-electron chi connectivity index (χ4n) is 3.23. The Morgan fingerprint density at radius 2 is 2.15 bits per heavy atom. The van der Waals surface area contributed by atoms with Gasteiger partial charge in [-0.2, -0.15) is 4.98 Å². The Morgan fingerprint density at radius 1 is 1.35 bits per heavy atom. The van der Waals surface area contributed by atoms with Gasteiger partial charge in [-0.1, -0.05) is 17.3 Å². The molecule has 1 aliphatic heterocycles. The molecule has 0 aliphatic carbocycles. The van der Waals surface area contributed by atoms with E-state index in [2.05, 4.69) is 20.5 Å². The third kappa shape index (κ3) is 3.00. The number of carbonyl (C=O) groups is 1. The van der Waals surface area contributed by atoms with Crippen LogP contribution in [0.15, 0.2) is 29.0 Å². The Labute approximate surface area is 150 Å². The second-order valence-electron chi connectivity index (χ2n) is 6.48. The van der Waals surface area contributed by atoms with Crippen LogP contribution in [0.25, 0.3) is 11.6 Å². The van der Waals surface area contributed by atoms with E-state index in [9.17, 15) is 4.79 Å². The molecule has 9 heteroatoms. The van der Waals surface area contributed by atoms with E-state index in [0.717, 1.165) is 18.5 Å². The topological polar surface area (TPSA) is 94.9 Å². The zero-order valence-corrected chi connectivity index (χ0v) is 14.9. The van der Waals surface area contributed by atoms with E-state index < -0.39 is 0 Å². The lowest BCUT2D eigenvalue weighted by molar-refractivity contribution is 0.0679. The van der Waals surface area contributed by atoms with Crippen LogP contribution < -0.4 is 0 Å². The lowest BCUT2D eigenvalue weighted by atomic mass is 10.0. The summed E-state index contributed by atoms with van der Waals surface area (Å²) < 4.78 is 8.91. The monoisotopic (exact) mass is 355 g/mol. The van der Waals surface area contributed by atoms with Gasteiger partial charge in [0.15, 0.2) is 11.5 Å². The standard InChI is InChI=1S/C17H21N7O2/c1-3-15-18-16(26-20-15)13-11-24(21-19-13)12-6-9-23(10-7-12)17(25)14-5-4-8-22(14)2/h4-5,8,11-12H,3,6-7,9-10H2,1-2H3. The summed E-state index contributed by atoms with van der Waals surface area (Å²) in [6, 6.07) is 3.95. The van der Waals surface area contributed by atoms with Crippen molar-refractivity contribution in [1.82, 2.24) is 34.6 Å². The molecule has 136 valence electrons. The summed E-state index contributed by atoms with van der Waals surface area (Å²) in [6.45, 7) is 3.37. The van der Waals surface area contributed by atoms with E-state index in [1.807, 2.05) is 52.6 Å². The molecule has 1 saturated heterocycles. The van der Waals surface area contributed by atoms with Gasteiger partial charge >= 0.3 is 0 Å². The van der Waals surface area contributed by atoms with Gasteiger partial charge in [-0.3, -0.25) is 4.79 Å². The van der Waals surface area contributed by atoms with E-state index >= 15 is 0 Å². The normalized spacial score (nSPS) is 15.5. The molecular formula is C17H21N7O2. The Hall–Kier alpha value is -2.97. The van der Waals surface area contributed by atoms with Crippen LogP contribution in [-0.2, 0) is 13.5 Å². The first-order valence-electron chi connectivity index (χ1n) is 8.81. The van der Waals surface area contributed by atoms with Crippen LogP contribution in [0.4, 0.5) is 0 Å². The molecule has 0 atom stereocenters. The second kappa shape index (κ2) is 6.74. The fraction of sp³-hybridized carbons (Fsp3) is 0.471. The molecule has 3 aromatic heterocycles. The van der Waals surface area contributed by atoms with Crippen molar-refractivity contribution in [2.45, 2.75) is 32.2 Å². The Kier molecular flexibility index (Phi) is 4.27. The predicted molar refractivity (Wildman–Crippen MR) is 92.3 cm³/mol. The summed E-state index contributed by atoms with van der Waals surface area (Å²) in [7, 11) is 1.89.